The Labute approximate surface area is 141 Å². The average molecular weight is 349 g/mol. The smallest absolute Gasteiger partial charge is 0.270 e. The van der Waals surface area contributed by atoms with Gasteiger partial charge < -0.3 is 4.90 Å². The third-order valence-corrected chi connectivity index (χ3v) is 5.03. The summed E-state index contributed by atoms with van der Waals surface area (Å²) in [7, 11) is -0.113. The molecule has 0 saturated heterocycles. The highest BCUT2D eigenvalue weighted by molar-refractivity contribution is 7.89. The molecule has 0 saturated carbocycles. The van der Waals surface area contributed by atoms with Crippen molar-refractivity contribution < 1.29 is 13.3 Å². The van der Waals surface area contributed by atoms with Crippen LogP contribution in [0.4, 0.5) is 5.69 Å². The van der Waals surface area contributed by atoms with E-state index >= 15 is 0 Å². The van der Waals surface area contributed by atoms with Gasteiger partial charge in [0.25, 0.3) is 5.69 Å². The molecule has 2 rings (SSSR count). The van der Waals surface area contributed by atoms with Gasteiger partial charge in [0, 0.05) is 24.7 Å². The molecule has 0 aliphatic rings. The van der Waals surface area contributed by atoms with Crippen LogP contribution < -0.4 is 4.72 Å². The van der Waals surface area contributed by atoms with Gasteiger partial charge in [-0.2, -0.15) is 0 Å². The van der Waals surface area contributed by atoms with Crippen LogP contribution in [0.25, 0.3) is 0 Å². The first-order valence-electron chi connectivity index (χ1n) is 7.27. The summed E-state index contributed by atoms with van der Waals surface area (Å²) in [5, 5.41) is 10.8. The lowest BCUT2D eigenvalue weighted by molar-refractivity contribution is -0.385. The first kappa shape index (κ1) is 18.1. The summed E-state index contributed by atoms with van der Waals surface area (Å²) in [5.41, 5.74) is 0.717. The number of nitro benzene ring substituents is 1. The Kier molecular flexibility index (Phi) is 5.66. The van der Waals surface area contributed by atoms with Gasteiger partial charge in [0.1, 0.15) is 0 Å². The largest absolute Gasteiger partial charge is 0.301 e. The molecule has 2 aromatic carbocycles. The lowest BCUT2D eigenvalue weighted by atomic mass is 10.1. The zero-order valence-corrected chi connectivity index (χ0v) is 14.2. The van der Waals surface area contributed by atoms with E-state index in [1.807, 2.05) is 49.3 Å². The molecule has 24 heavy (non-hydrogen) atoms. The minimum Gasteiger partial charge on any atom is -0.301 e. The van der Waals surface area contributed by atoms with E-state index in [1.165, 1.54) is 18.2 Å². The monoisotopic (exact) mass is 349 g/mol. The van der Waals surface area contributed by atoms with Gasteiger partial charge in [-0.3, -0.25) is 10.1 Å². The van der Waals surface area contributed by atoms with Crippen LogP contribution in [0.3, 0.4) is 0 Å². The average Bonchev–Trinajstić information content (AvgIpc) is 2.55. The molecule has 0 aromatic heterocycles. The van der Waals surface area contributed by atoms with Crippen molar-refractivity contribution in [1.82, 2.24) is 9.62 Å². The van der Waals surface area contributed by atoms with Crippen LogP contribution in [-0.4, -0.2) is 38.9 Å². The summed E-state index contributed by atoms with van der Waals surface area (Å²) < 4.78 is 27.4. The maximum atomic E-state index is 12.4. The molecule has 0 fully saturated rings. The molecule has 1 atom stereocenters. The second-order valence-corrected chi connectivity index (χ2v) is 7.26. The van der Waals surface area contributed by atoms with Crippen molar-refractivity contribution in [1.29, 1.82) is 0 Å². The minimum atomic E-state index is -3.83. The molecule has 0 spiro atoms. The molecule has 128 valence electrons. The topological polar surface area (TPSA) is 92.6 Å². The molecule has 0 aliphatic heterocycles. The first-order valence-corrected chi connectivity index (χ1v) is 8.75. The highest BCUT2D eigenvalue weighted by Crippen LogP contribution is 2.20. The van der Waals surface area contributed by atoms with Crippen LogP contribution in [0.1, 0.15) is 11.6 Å². The van der Waals surface area contributed by atoms with Gasteiger partial charge >= 0.3 is 0 Å². The summed E-state index contributed by atoms with van der Waals surface area (Å²) in [6, 6.07) is 14.4. The van der Waals surface area contributed by atoms with Gasteiger partial charge in [-0.15, -0.1) is 0 Å². The molecule has 0 aliphatic carbocycles. The normalized spacial score (nSPS) is 13.0. The maximum Gasteiger partial charge on any atom is 0.270 e. The highest BCUT2D eigenvalue weighted by atomic mass is 32.2. The Balaban J connectivity index is 2.19. The Morgan fingerprint density at radius 1 is 1.12 bits per heavy atom. The van der Waals surface area contributed by atoms with Crippen molar-refractivity contribution in [3.63, 3.8) is 0 Å². The van der Waals surface area contributed by atoms with E-state index in [2.05, 4.69) is 4.72 Å². The van der Waals surface area contributed by atoms with Crippen LogP contribution in [0.2, 0.25) is 0 Å². The third-order valence-electron chi connectivity index (χ3n) is 3.61. The molecule has 7 nitrogen and oxygen atoms in total. The van der Waals surface area contributed by atoms with Crippen molar-refractivity contribution in [2.24, 2.45) is 0 Å². The minimum absolute atomic E-state index is 0.123. The van der Waals surface area contributed by atoms with Crippen molar-refractivity contribution in [3.05, 3.63) is 70.3 Å². The lowest BCUT2D eigenvalue weighted by Crippen LogP contribution is -2.34. The number of sulfonamides is 1. The van der Waals surface area contributed by atoms with Crippen LogP contribution in [0.15, 0.2) is 59.5 Å². The second kappa shape index (κ2) is 7.52. The predicted molar refractivity (Wildman–Crippen MR) is 91.2 cm³/mol. The molecule has 0 radical (unpaired) electrons. The maximum absolute atomic E-state index is 12.4. The van der Waals surface area contributed by atoms with Crippen LogP contribution >= 0.6 is 0 Å². The zero-order chi connectivity index (χ0) is 17.7. The van der Waals surface area contributed by atoms with Gasteiger partial charge in [-0.1, -0.05) is 36.4 Å². The molecule has 0 heterocycles. The Morgan fingerprint density at radius 2 is 1.79 bits per heavy atom. The summed E-state index contributed by atoms with van der Waals surface area (Å²) in [6.07, 6.45) is 0. The summed E-state index contributed by atoms with van der Waals surface area (Å²) in [5.74, 6) is 0. The predicted octanol–water partition coefficient (Wildman–Crippen LogP) is 2.18. The SMILES string of the molecule is CN(C)[C@@H](CNS(=O)(=O)c1cccc([N+](=O)[O-])c1)c1ccccc1. The van der Waals surface area contributed by atoms with Crippen molar-refractivity contribution in [2.75, 3.05) is 20.6 Å². The van der Waals surface area contributed by atoms with Crippen LogP contribution in [0.5, 0.6) is 0 Å². The second-order valence-electron chi connectivity index (χ2n) is 5.50. The lowest BCUT2D eigenvalue weighted by Gasteiger charge is -2.25. The van der Waals surface area contributed by atoms with E-state index in [0.717, 1.165) is 11.6 Å². The van der Waals surface area contributed by atoms with Crippen LogP contribution in [0, 0.1) is 10.1 Å². The molecular formula is C16H19N3O4S. The van der Waals surface area contributed by atoms with Gasteiger partial charge in [-0.25, -0.2) is 13.1 Å². The zero-order valence-electron chi connectivity index (χ0n) is 13.4. The quantitative estimate of drug-likeness (QED) is 0.611. The van der Waals surface area contributed by atoms with E-state index in [4.69, 9.17) is 0 Å². The number of nitrogens with one attached hydrogen (secondary N) is 1. The summed E-state index contributed by atoms with van der Waals surface area (Å²) >= 11 is 0. The molecule has 2 aromatic rings. The van der Waals surface area contributed by atoms with E-state index in [-0.39, 0.29) is 23.2 Å². The number of benzene rings is 2. The summed E-state index contributed by atoms with van der Waals surface area (Å²) in [4.78, 5) is 12.0. The number of rotatable bonds is 7. The van der Waals surface area contributed by atoms with Gasteiger partial charge in [0.2, 0.25) is 10.0 Å². The van der Waals surface area contributed by atoms with Gasteiger partial charge in [0.15, 0.2) is 0 Å². The molecule has 0 unspecified atom stereocenters. The van der Waals surface area contributed by atoms with E-state index < -0.39 is 14.9 Å². The molecule has 1 N–H and O–H groups in total. The molecular weight excluding hydrogens is 330 g/mol. The van der Waals surface area contributed by atoms with Gasteiger partial charge in [0.05, 0.1) is 9.82 Å². The van der Waals surface area contributed by atoms with Gasteiger partial charge in [-0.05, 0) is 25.7 Å². The highest BCUT2D eigenvalue weighted by Gasteiger charge is 2.21. The fourth-order valence-electron chi connectivity index (χ4n) is 2.31. The van der Waals surface area contributed by atoms with E-state index in [9.17, 15) is 18.5 Å². The number of non-ortho nitro benzene ring substituents is 1. The fraction of sp³-hybridized carbons (Fsp3) is 0.250. The molecule has 8 heteroatoms. The van der Waals surface area contributed by atoms with E-state index in [1.54, 1.807) is 0 Å². The first-order chi connectivity index (χ1) is 11.3. The number of hydrogen-bond donors (Lipinski definition) is 1. The Hall–Kier alpha value is -2.29. The van der Waals surface area contributed by atoms with Crippen molar-refractivity contribution in [3.8, 4) is 0 Å². The Bertz CT molecular complexity index is 807. The van der Waals surface area contributed by atoms with E-state index in [0.29, 0.717) is 0 Å². The van der Waals surface area contributed by atoms with Crippen molar-refractivity contribution in [2.45, 2.75) is 10.9 Å². The number of nitrogens with zero attached hydrogens (tertiary/aromatic N) is 2. The number of hydrogen-bond acceptors (Lipinski definition) is 5. The standard InChI is InChI=1S/C16H19N3O4S/c1-18(2)16(13-7-4-3-5-8-13)12-17-24(22,23)15-10-6-9-14(11-15)19(20)21/h3-11,16-17H,12H2,1-2H3/t16-/m0/s1. The summed E-state index contributed by atoms with van der Waals surface area (Å²) in [6.45, 7) is 0.155. The number of nitro groups is 1. The molecule has 0 bridgehead atoms. The molecule has 0 amide bonds. The van der Waals surface area contributed by atoms with Crippen LogP contribution in [-0.2, 0) is 10.0 Å². The fourth-order valence-corrected chi connectivity index (χ4v) is 3.39. The number of likely N-dealkylation sites (N-methyl/N-ethyl adjacent to an activating group) is 1. The third kappa shape index (κ3) is 4.38. The Morgan fingerprint density at radius 3 is 2.38 bits per heavy atom. The van der Waals surface area contributed by atoms with Crippen molar-refractivity contribution >= 4 is 15.7 Å².